The summed E-state index contributed by atoms with van der Waals surface area (Å²) >= 11 is 0.709. The van der Waals surface area contributed by atoms with Gasteiger partial charge < -0.3 is 10.1 Å². The molecule has 1 N–H and O–H groups in total. The Balaban J connectivity index is 1.60. The van der Waals surface area contributed by atoms with E-state index >= 15 is 0 Å². The molecule has 0 bridgehead atoms. The SMILES string of the molecule is COCCn1nc(C(=O)NCCN2C(=O)S/C(=C\c3ccccc3F)C2=O)ccc1=O. The summed E-state index contributed by atoms with van der Waals surface area (Å²) in [5.74, 6) is -1.61. The maximum absolute atomic E-state index is 13.8. The van der Waals surface area contributed by atoms with Crippen LogP contribution in [-0.2, 0) is 16.1 Å². The molecule has 162 valence electrons. The number of nitrogens with zero attached hydrogens (tertiary/aromatic N) is 3. The van der Waals surface area contributed by atoms with Crippen molar-refractivity contribution in [2.24, 2.45) is 0 Å². The Kier molecular flexibility index (Phi) is 7.32. The maximum atomic E-state index is 13.8. The Labute approximate surface area is 180 Å². The van der Waals surface area contributed by atoms with Crippen LogP contribution in [0.25, 0.3) is 6.08 Å². The Bertz CT molecular complexity index is 1100. The molecular weight excluding hydrogens is 427 g/mol. The Hall–Kier alpha value is -3.31. The first kappa shape index (κ1) is 22.4. The van der Waals surface area contributed by atoms with Gasteiger partial charge in [-0.25, -0.2) is 9.07 Å². The van der Waals surface area contributed by atoms with E-state index in [9.17, 15) is 23.6 Å². The summed E-state index contributed by atoms with van der Waals surface area (Å²) in [6.07, 6.45) is 1.33. The van der Waals surface area contributed by atoms with E-state index in [0.717, 1.165) is 9.58 Å². The van der Waals surface area contributed by atoms with Gasteiger partial charge in [0, 0.05) is 31.8 Å². The molecule has 0 aliphatic carbocycles. The van der Waals surface area contributed by atoms with Crippen molar-refractivity contribution >= 4 is 34.9 Å². The Morgan fingerprint density at radius 3 is 2.71 bits per heavy atom. The lowest BCUT2D eigenvalue weighted by Gasteiger charge is -2.13. The summed E-state index contributed by atoms with van der Waals surface area (Å²) in [6, 6.07) is 8.43. The second-order valence-electron chi connectivity index (χ2n) is 6.38. The number of carbonyl (C=O) groups excluding carboxylic acids is 3. The number of hydrogen-bond donors (Lipinski definition) is 1. The van der Waals surface area contributed by atoms with Crippen LogP contribution >= 0.6 is 11.8 Å². The predicted octanol–water partition coefficient (Wildman–Crippen LogP) is 1.50. The van der Waals surface area contributed by atoms with Crippen molar-refractivity contribution < 1.29 is 23.5 Å². The molecule has 3 amide bonds. The molecule has 1 aliphatic rings. The average Bonchev–Trinajstić information content (AvgIpc) is 3.02. The summed E-state index contributed by atoms with van der Waals surface area (Å²) in [6.45, 7) is 0.385. The van der Waals surface area contributed by atoms with Crippen molar-refractivity contribution in [3.05, 3.63) is 68.7 Å². The highest BCUT2D eigenvalue weighted by Crippen LogP contribution is 2.32. The third kappa shape index (κ3) is 5.44. The molecule has 0 atom stereocenters. The van der Waals surface area contributed by atoms with Crippen LogP contribution in [0.1, 0.15) is 16.1 Å². The normalized spacial score (nSPS) is 15.0. The highest BCUT2D eigenvalue weighted by atomic mass is 32.2. The molecule has 1 aromatic carbocycles. The zero-order valence-electron chi connectivity index (χ0n) is 16.5. The van der Waals surface area contributed by atoms with Crippen LogP contribution in [0, 0.1) is 5.82 Å². The van der Waals surface area contributed by atoms with Gasteiger partial charge in [-0.05, 0) is 30.0 Å². The number of halogens is 1. The number of benzene rings is 1. The van der Waals surface area contributed by atoms with E-state index in [0.29, 0.717) is 11.8 Å². The number of methoxy groups -OCH3 is 1. The summed E-state index contributed by atoms with van der Waals surface area (Å²) in [4.78, 5) is 49.8. The smallest absolute Gasteiger partial charge is 0.293 e. The molecule has 9 nitrogen and oxygen atoms in total. The summed E-state index contributed by atoms with van der Waals surface area (Å²) in [7, 11) is 1.48. The van der Waals surface area contributed by atoms with Gasteiger partial charge in [-0.2, -0.15) is 5.10 Å². The molecule has 1 fully saturated rings. The van der Waals surface area contributed by atoms with E-state index in [1.807, 2.05) is 0 Å². The molecule has 1 aliphatic heterocycles. The van der Waals surface area contributed by atoms with Gasteiger partial charge in [0.1, 0.15) is 11.5 Å². The van der Waals surface area contributed by atoms with Crippen LogP contribution in [-0.4, -0.2) is 58.5 Å². The number of carbonyl (C=O) groups is 3. The Morgan fingerprint density at radius 2 is 1.97 bits per heavy atom. The third-order valence-electron chi connectivity index (χ3n) is 4.29. The molecule has 0 unspecified atom stereocenters. The summed E-state index contributed by atoms with van der Waals surface area (Å²) < 4.78 is 19.8. The lowest BCUT2D eigenvalue weighted by Crippen LogP contribution is -2.38. The van der Waals surface area contributed by atoms with Crippen molar-refractivity contribution in [3.63, 3.8) is 0 Å². The predicted molar refractivity (Wildman–Crippen MR) is 112 cm³/mol. The van der Waals surface area contributed by atoms with Gasteiger partial charge >= 0.3 is 0 Å². The summed E-state index contributed by atoms with van der Waals surface area (Å²) in [5, 5.41) is 6.03. The number of ether oxygens (including phenoxy) is 1. The molecule has 1 aromatic heterocycles. The standard InChI is InChI=1S/C20H19FN4O5S/c1-30-11-10-25-17(26)7-6-15(23-25)18(27)22-8-9-24-19(28)16(31-20(24)29)12-13-4-2-3-5-14(13)21/h2-7,12H,8-11H2,1H3,(H,22,27)/b16-12-. The van der Waals surface area contributed by atoms with Crippen molar-refractivity contribution in [2.75, 3.05) is 26.8 Å². The highest BCUT2D eigenvalue weighted by Gasteiger charge is 2.34. The molecule has 0 spiro atoms. The van der Waals surface area contributed by atoms with Crippen molar-refractivity contribution in [3.8, 4) is 0 Å². The van der Waals surface area contributed by atoms with E-state index in [-0.39, 0.29) is 48.0 Å². The number of thioether (sulfide) groups is 1. The van der Waals surface area contributed by atoms with Crippen LogP contribution in [0.2, 0.25) is 0 Å². The van der Waals surface area contributed by atoms with Crippen molar-refractivity contribution in [2.45, 2.75) is 6.54 Å². The quantitative estimate of drug-likeness (QED) is 0.612. The molecule has 2 aromatic rings. The van der Waals surface area contributed by atoms with Gasteiger partial charge in [0.2, 0.25) is 0 Å². The van der Waals surface area contributed by atoms with Crippen LogP contribution in [0.4, 0.5) is 9.18 Å². The minimum atomic E-state index is -0.557. The van der Waals surface area contributed by atoms with Crippen LogP contribution in [0.15, 0.2) is 46.1 Å². The molecule has 2 heterocycles. The summed E-state index contributed by atoms with van der Waals surface area (Å²) in [5.41, 5.74) is -0.145. The lowest BCUT2D eigenvalue weighted by molar-refractivity contribution is -0.122. The fraction of sp³-hybridized carbons (Fsp3) is 0.250. The first-order valence-corrected chi connectivity index (χ1v) is 10.1. The van der Waals surface area contributed by atoms with Gasteiger partial charge in [0.05, 0.1) is 18.1 Å². The van der Waals surface area contributed by atoms with Gasteiger partial charge in [-0.1, -0.05) is 18.2 Å². The second-order valence-corrected chi connectivity index (χ2v) is 7.38. The van der Waals surface area contributed by atoms with Gasteiger partial charge in [0.25, 0.3) is 22.6 Å². The van der Waals surface area contributed by atoms with E-state index in [1.165, 1.54) is 43.5 Å². The molecule has 11 heteroatoms. The average molecular weight is 446 g/mol. The highest BCUT2D eigenvalue weighted by molar-refractivity contribution is 8.18. The number of imide groups is 1. The number of amides is 3. The van der Waals surface area contributed by atoms with E-state index in [4.69, 9.17) is 4.74 Å². The molecule has 0 radical (unpaired) electrons. The van der Waals surface area contributed by atoms with E-state index < -0.39 is 22.9 Å². The van der Waals surface area contributed by atoms with Crippen LogP contribution in [0.5, 0.6) is 0 Å². The molecule has 1 saturated heterocycles. The van der Waals surface area contributed by atoms with Gasteiger partial charge in [-0.15, -0.1) is 0 Å². The first-order valence-electron chi connectivity index (χ1n) is 9.26. The number of nitrogens with one attached hydrogen (secondary N) is 1. The van der Waals surface area contributed by atoms with Crippen LogP contribution < -0.4 is 10.9 Å². The monoisotopic (exact) mass is 446 g/mol. The first-order chi connectivity index (χ1) is 14.9. The largest absolute Gasteiger partial charge is 0.383 e. The van der Waals surface area contributed by atoms with Crippen LogP contribution in [0.3, 0.4) is 0 Å². The lowest BCUT2D eigenvalue weighted by atomic mass is 10.2. The van der Waals surface area contributed by atoms with Crippen molar-refractivity contribution in [1.29, 1.82) is 0 Å². The fourth-order valence-electron chi connectivity index (χ4n) is 2.71. The number of rotatable bonds is 8. The molecule has 3 rings (SSSR count). The van der Waals surface area contributed by atoms with Crippen molar-refractivity contribution in [1.82, 2.24) is 20.0 Å². The molecule has 0 saturated carbocycles. The topological polar surface area (TPSA) is 111 Å². The van der Waals surface area contributed by atoms with Gasteiger partial charge in [-0.3, -0.25) is 24.1 Å². The number of aromatic nitrogens is 2. The third-order valence-corrected chi connectivity index (χ3v) is 5.20. The zero-order chi connectivity index (χ0) is 22.4. The van der Waals surface area contributed by atoms with Gasteiger partial charge in [0.15, 0.2) is 0 Å². The zero-order valence-corrected chi connectivity index (χ0v) is 17.4. The fourth-order valence-corrected chi connectivity index (χ4v) is 3.56. The Morgan fingerprint density at radius 1 is 1.19 bits per heavy atom. The van der Waals surface area contributed by atoms with E-state index in [2.05, 4.69) is 10.4 Å². The minimum Gasteiger partial charge on any atom is -0.383 e. The maximum Gasteiger partial charge on any atom is 0.293 e. The number of hydrogen-bond acceptors (Lipinski definition) is 7. The van der Waals surface area contributed by atoms with E-state index in [1.54, 1.807) is 6.07 Å². The molecular formula is C20H19FN4O5S. The molecule has 31 heavy (non-hydrogen) atoms. The minimum absolute atomic E-state index is 0.0112. The second kappa shape index (κ2) is 10.1.